The molecule has 0 saturated carbocycles. The maximum atomic E-state index is 12.4. The summed E-state index contributed by atoms with van der Waals surface area (Å²) in [5, 5.41) is 7.36. The van der Waals surface area contributed by atoms with Crippen LogP contribution in [-0.2, 0) is 4.74 Å². The van der Waals surface area contributed by atoms with Crippen molar-refractivity contribution in [1.82, 2.24) is 10.2 Å². The van der Waals surface area contributed by atoms with Crippen LogP contribution in [-0.4, -0.2) is 42.3 Å². The average Bonchev–Trinajstić information content (AvgIpc) is 2.56. The number of rotatable bonds is 2. The first-order chi connectivity index (χ1) is 11.1. The third kappa shape index (κ3) is 2.49. The van der Waals surface area contributed by atoms with Crippen LogP contribution in [0.1, 0.15) is 30.1 Å². The van der Waals surface area contributed by atoms with E-state index in [1.807, 2.05) is 0 Å². The van der Waals surface area contributed by atoms with Gasteiger partial charge in [-0.2, -0.15) is 0 Å². The molecule has 1 aromatic carbocycles. The zero-order valence-electron chi connectivity index (χ0n) is 12.8. The summed E-state index contributed by atoms with van der Waals surface area (Å²) in [6.07, 6.45) is 0.422. The number of hydrogen-bond donors (Lipinski definition) is 1. The lowest BCUT2D eigenvalue weighted by atomic mass is 9.91. The molecule has 1 saturated heterocycles. The second-order valence-electron chi connectivity index (χ2n) is 5.58. The SMILES string of the molecule is CCOC(=O)N1CCC2(CC1)NC(=O)c1ccccc1N2N=O. The molecule has 8 nitrogen and oxygen atoms in total. The summed E-state index contributed by atoms with van der Waals surface area (Å²) in [7, 11) is 0. The van der Waals surface area contributed by atoms with Crippen LogP contribution in [0.5, 0.6) is 0 Å². The molecule has 2 amide bonds. The van der Waals surface area contributed by atoms with Crippen molar-refractivity contribution in [2.75, 3.05) is 24.7 Å². The van der Waals surface area contributed by atoms with Gasteiger partial charge in [-0.25, -0.2) is 9.80 Å². The summed E-state index contributed by atoms with van der Waals surface area (Å²) in [5.41, 5.74) is 0.0253. The van der Waals surface area contributed by atoms with Gasteiger partial charge in [0.1, 0.15) is 5.66 Å². The van der Waals surface area contributed by atoms with E-state index in [-0.39, 0.29) is 12.0 Å². The molecule has 0 aliphatic carbocycles. The van der Waals surface area contributed by atoms with E-state index in [9.17, 15) is 14.5 Å². The summed E-state index contributed by atoms with van der Waals surface area (Å²) >= 11 is 0. The van der Waals surface area contributed by atoms with Crippen molar-refractivity contribution < 1.29 is 14.3 Å². The molecule has 0 aromatic heterocycles. The zero-order chi connectivity index (χ0) is 16.4. The van der Waals surface area contributed by atoms with Gasteiger partial charge < -0.3 is 15.0 Å². The van der Waals surface area contributed by atoms with E-state index in [1.54, 1.807) is 36.1 Å². The van der Waals surface area contributed by atoms with Gasteiger partial charge in [-0.3, -0.25) is 4.79 Å². The van der Waals surface area contributed by atoms with Crippen molar-refractivity contribution in [2.45, 2.75) is 25.4 Å². The summed E-state index contributed by atoms with van der Waals surface area (Å²) in [5.74, 6) is -0.231. The Morgan fingerprint density at radius 3 is 2.70 bits per heavy atom. The summed E-state index contributed by atoms with van der Waals surface area (Å²) in [6, 6.07) is 6.86. The molecule has 1 aromatic rings. The number of carbonyl (C=O) groups is 2. The smallest absolute Gasteiger partial charge is 0.409 e. The minimum atomic E-state index is -0.893. The predicted molar refractivity (Wildman–Crippen MR) is 82.7 cm³/mol. The number of piperidine rings is 1. The van der Waals surface area contributed by atoms with Gasteiger partial charge in [0.25, 0.3) is 5.91 Å². The minimum absolute atomic E-state index is 0.231. The quantitative estimate of drug-likeness (QED) is 0.841. The Morgan fingerprint density at radius 2 is 2.04 bits per heavy atom. The number of anilines is 1. The molecule has 1 spiro atoms. The highest BCUT2D eigenvalue weighted by atomic mass is 16.6. The van der Waals surface area contributed by atoms with Gasteiger partial charge in [0, 0.05) is 25.9 Å². The number of ether oxygens (including phenoxy) is 1. The first-order valence-corrected chi connectivity index (χ1v) is 7.58. The molecule has 1 fully saturated rings. The fourth-order valence-electron chi connectivity index (χ4n) is 3.15. The lowest BCUT2D eigenvalue weighted by Crippen LogP contribution is -2.66. The molecule has 0 unspecified atom stereocenters. The highest BCUT2D eigenvalue weighted by Gasteiger charge is 2.47. The van der Waals surface area contributed by atoms with Gasteiger partial charge in [-0.15, -0.1) is 4.91 Å². The van der Waals surface area contributed by atoms with Crippen LogP contribution in [0.25, 0.3) is 0 Å². The van der Waals surface area contributed by atoms with Gasteiger partial charge in [0.05, 0.1) is 23.1 Å². The van der Waals surface area contributed by atoms with Gasteiger partial charge in [0.2, 0.25) is 0 Å². The van der Waals surface area contributed by atoms with Crippen LogP contribution in [0.2, 0.25) is 0 Å². The molecule has 2 aliphatic rings. The van der Waals surface area contributed by atoms with Crippen LogP contribution >= 0.6 is 0 Å². The molecule has 0 bridgehead atoms. The first kappa shape index (κ1) is 15.3. The molecule has 2 aliphatic heterocycles. The number of nitroso groups, excluding NO2 is 1. The third-order valence-electron chi connectivity index (χ3n) is 4.33. The van der Waals surface area contributed by atoms with Crippen LogP contribution in [0, 0.1) is 4.91 Å². The van der Waals surface area contributed by atoms with Crippen LogP contribution in [0.3, 0.4) is 0 Å². The second-order valence-corrected chi connectivity index (χ2v) is 5.58. The standard InChI is InChI=1S/C15H18N4O4/c1-2-23-14(21)18-9-7-15(8-10-18)16-13(20)11-5-3-4-6-12(11)19(15)17-22/h3-6H,2,7-10H2,1H3,(H,16,20). The highest BCUT2D eigenvalue weighted by molar-refractivity contribution is 6.02. The van der Waals surface area contributed by atoms with Crippen LogP contribution < -0.4 is 10.3 Å². The third-order valence-corrected chi connectivity index (χ3v) is 4.33. The minimum Gasteiger partial charge on any atom is -0.450 e. The Labute approximate surface area is 133 Å². The fourth-order valence-corrected chi connectivity index (χ4v) is 3.15. The number of nitrogens with one attached hydrogen (secondary N) is 1. The molecule has 8 heteroatoms. The van der Waals surface area contributed by atoms with E-state index in [0.29, 0.717) is 43.8 Å². The molecular weight excluding hydrogens is 300 g/mol. The van der Waals surface area contributed by atoms with E-state index in [1.165, 1.54) is 5.01 Å². The topological polar surface area (TPSA) is 91.3 Å². The molecule has 122 valence electrons. The summed E-state index contributed by atoms with van der Waals surface area (Å²) < 4.78 is 4.99. The predicted octanol–water partition coefficient (Wildman–Crippen LogP) is 1.87. The van der Waals surface area contributed by atoms with Crippen molar-refractivity contribution in [3.63, 3.8) is 0 Å². The lowest BCUT2D eigenvalue weighted by molar-refractivity contribution is 0.0681. The van der Waals surface area contributed by atoms with Crippen LogP contribution in [0.15, 0.2) is 29.6 Å². The Bertz CT molecular complexity index is 640. The molecule has 3 rings (SSSR count). The van der Waals surface area contributed by atoms with Gasteiger partial charge in [0.15, 0.2) is 0 Å². The fraction of sp³-hybridized carbons (Fsp3) is 0.467. The molecule has 2 heterocycles. The highest BCUT2D eigenvalue weighted by Crippen LogP contribution is 2.37. The second kappa shape index (κ2) is 5.86. The number of likely N-dealkylation sites (tertiary alicyclic amines) is 1. The number of carbonyl (C=O) groups excluding carboxylic acids is 2. The zero-order valence-corrected chi connectivity index (χ0v) is 12.8. The van der Waals surface area contributed by atoms with Crippen LogP contribution in [0.4, 0.5) is 10.5 Å². The van der Waals surface area contributed by atoms with Crippen molar-refractivity contribution >= 4 is 17.7 Å². The van der Waals surface area contributed by atoms with E-state index in [4.69, 9.17) is 4.74 Å². The van der Waals surface area contributed by atoms with Crippen molar-refractivity contribution in [2.24, 2.45) is 5.29 Å². The summed E-state index contributed by atoms with van der Waals surface area (Å²) in [6.45, 7) is 2.83. The number of benzene rings is 1. The molecule has 0 atom stereocenters. The molecule has 1 N–H and O–H groups in total. The number of para-hydroxylation sites is 1. The lowest BCUT2D eigenvalue weighted by Gasteiger charge is -2.48. The Balaban J connectivity index is 1.85. The van der Waals surface area contributed by atoms with Gasteiger partial charge in [-0.05, 0) is 19.1 Å². The van der Waals surface area contributed by atoms with E-state index >= 15 is 0 Å². The van der Waals surface area contributed by atoms with Gasteiger partial charge in [-0.1, -0.05) is 12.1 Å². The van der Waals surface area contributed by atoms with E-state index < -0.39 is 5.66 Å². The van der Waals surface area contributed by atoms with Crippen molar-refractivity contribution in [3.8, 4) is 0 Å². The van der Waals surface area contributed by atoms with E-state index in [2.05, 4.69) is 10.6 Å². The van der Waals surface area contributed by atoms with Crippen molar-refractivity contribution in [1.29, 1.82) is 0 Å². The first-order valence-electron chi connectivity index (χ1n) is 7.58. The average molecular weight is 318 g/mol. The Morgan fingerprint density at radius 1 is 1.35 bits per heavy atom. The largest absolute Gasteiger partial charge is 0.450 e. The number of amides is 2. The Hall–Kier alpha value is -2.64. The number of nitrogens with zero attached hydrogens (tertiary/aromatic N) is 3. The van der Waals surface area contributed by atoms with Crippen molar-refractivity contribution in [3.05, 3.63) is 34.7 Å². The normalized spacial score (nSPS) is 19.1. The maximum absolute atomic E-state index is 12.4. The molecular formula is C15H18N4O4. The Kier molecular flexibility index (Phi) is 3.89. The number of fused-ring (bicyclic) bond motifs is 1. The summed E-state index contributed by atoms with van der Waals surface area (Å²) in [4.78, 5) is 37.2. The van der Waals surface area contributed by atoms with E-state index in [0.717, 1.165) is 0 Å². The number of hydrogen-bond acceptors (Lipinski definition) is 5. The van der Waals surface area contributed by atoms with Gasteiger partial charge >= 0.3 is 6.09 Å². The molecule has 23 heavy (non-hydrogen) atoms. The molecule has 0 radical (unpaired) electrons. The monoisotopic (exact) mass is 318 g/mol. The maximum Gasteiger partial charge on any atom is 0.409 e.